The number of nitrogens with zero attached hydrogens (tertiary/aromatic N) is 2. The minimum atomic E-state index is -3.63. The van der Waals surface area contributed by atoms with Gasteiger partial charge in [-0.15, -0.1) is 0 Å². The molecule has 6 nitrogen and oxygen atoms in total. The first-order valence-corrected chi connectivity index (χ1v) is 11.2. The van der Waals surface area contributed by atoms with Crippen LogP contribution in [0.4, 0.5) is 0 Å². The second-order valence-electron chi connectivity index (χ2n) is 7.45. The summed E-state index contributed by atoms with van der Waals surface area (Å²) in [7, 11) is -3.63. The molecule has 1 fully saturated rings. The molecule has 0 N–H and O–H groups in total. The zero-order chi connectivity index (χ0) is 20.1. The van der Waals surface area contributed by atoms with Gasteiger partial charge in [0.15, 0.2) is 0 Å². The van der Waals surface area contributed by atoms with Crippen LogP contribution in [0, 0.1) is 20.8 Å². The van der Waals surface area contributed by atoms with Crippen LogP contribution in [0.3, 0.4) is 0 Å². The highest BCUT2D eigenvalue weighted by molar-refractivity contribution is 7.89. The molecule has 3 rings (SSSR count). The highest BCUT2D eigenvalue weighted by atomic mass is 32.2. The number of benzene rings is 1. The first-order chi connectivity index (χ1) is 13.4. The van der Waals surface area contributed by atoms with E-state index in [0.717, 1.165) is 56.0 Å². The van der Waals surface area contributed by atoms with Gasteiger partial charge in [-0.25, -0.2) is 8.42 Å². The van der Waals surface area contributed by atoms with E-state index in [1.165, 1.54) is 0 Å². The molecule has 1 aromatic heterocycles. The molecule has 1 saturated heterocycles. The number of aryl methyl sites for hydroxylation is 3. The molecule has 154 valence electrons. The minimum absolute atomic E-state index is 0.241. The molecule has 0 saturated carbocycles. The Morgan fingerprint density at radius 3 is 2.39 bits per heavy atom. The predicted octanol–water partition coefficient (Wildman–Crippen LogP) is 3.12. The molecule has 0 unspecified atom stereocenters. The quantitative estimate of drug-likeness (QED) is 0.674. The van der Waals surface area contributed by atoms with Gasteiger partial charge in [-0.05, 0) is 57.0 Å². The van der Waals surface area contributed by atoms with Crippen LogP contribution in [0.5, 0.6) is 0 Å². The summed E-state index contributed by atoms with van der Waals surface area (Å²) in [6.45, 7) is 10.6. The molecule has 1 aliphatic heterocycles. The third-order valence-corrected chi connectivity index (χ3v) is 7.25. The zero-order valence-corrected chi connectivity index (χ0v) is 17.8. The third-order valence-electron chi connectivity index (χ3n) is 5.10. The Balaban J connectivity index is 1.80. The molecule has 2 heterocycles. The van der Waals surface area contributed by atoms with E-state index in [1.54, 1.807) is 16.6 Å². The van der Waals surface area contributed by atoms with Crippen molar-refractivity contribution in [2.45, 2.75) is 38.6 Å². The summed E-state index contributed by atoms with van der Waals surface area (Å²) in [5.74, 6) is 0.650. The van der Waals surface area contributed by atoms with Crippen molar-refractivity contribution in [3.8, 4) is 0 Å². The van der Waals surface area contributed by atoms with Gasteiger partial charge < -0.3 is 9.15 Å². The lowest BCUT2D eigenvalue weighted by molar-refractivity contribution is 0.0368. The number of ether oxygens (including phenoxy) is 1. The summed E-state index contributed by atoms with van der Waals surface area (Å²) in [5.41, 5.74) is 2.64. The molecular weight excluding hydrogens is 376 g/mol. The normalized spacial score (nSPS) is 16.0. The largest absolute Gasteiger partial charge is 0.468 e. The second kappa shape index (κ2) is 9.22. The van der Waals surface area contributed by atoms with Crippen molar-refractivity contribution in [3.63, 3.8) is 0 Å². The van der Waals surface area contributed by atoms with Crippen molar-refractivity contribution in [1.82, 2.24) is 9.21 Å². The van der Waals surface area contributed by atoms with Gasteiger partial charge in [0.25, 0.3) is 0 Å². The van der Waals surface area contributed by atoms with Crippen molar-refractivity contribution < 1.29 is 17.6 Å². The number of hydrogen-bond donors (Lipinski definition) is 0. The SMILES string of the molecule is Cc1cc(C)c(S(=O)(=O)N(CCCN2CCOCC2)Cc2ccco2)c(C)c1. The van der Waals surface area contributed by atoms with Crippen molar-refractivity contribution in [1.29, 1.82) is 0 Å². The van der Waals surface area contributed by atoms with Crippen molar-refractivity contribution in [2.75, 3.05) is 39.4 Å². The first kappa shape index (κ1) is 21.0. The van der Waals surface area contributed by atoms with Crippen LogP contribution in [0.15, 0.2) is 39.8 Å². The third kappa shape index (κ3) is 5.03. The fourth-order valence-electron chi connectivity index (χ4n) is 3.86. The van der Waals surface area contributed by atoms with E-state index in [4.69, 9.17) is 9.15 Å². The average molecular weight is 407 g/mol. The number of rotatable bonds is 8. The number of furan rings is 1. The molecular formula is C21H30N2O4S. The van der Waals surface area contributed by atoms with Crippen LogP contribution in [-0.4, -0.2) is 57.0 Å². The van der Waals surface area contributed by atoms with E-state index in [0.29, 0.717) is 17.2 Å². The van der Waals surface area contributed by atoms with Crippen LogP contribution < -0.4 is 0 Å². The van der Waals surface area contributed by atoms with E-state index >= 15 is 0 Å². The van der Waals surface area contributed by atoms with Gasteiger partial charge in [-0.3, -0.25) is 4.90 Å². The smallest absolute Gasteiger partial charge is 0.244 e. The van der Waals surface area contributed by atoms with Crippen molar-refractivity contribution in [2.24, 2.45) is 0 Å². The standard InChI is InChI=1S/C21H30N2O4S/c1-17-14-18(2)21(19(3)15-17)28(24,25)23(16-20-6-4-11-27-20)8-5-7-22-9-12-26-13-10-22/h4,6,11,14-15H,5,7-10,12-13,16H2,1-3H3. The Labute approximate surface area is 168 Å². The van der Waals surface area contributed by atoms with Crippen molar-refractivity contribution >= 4 is 10.0 Å². The Kier molecular flexibility index (Phi) is 6.93. The van der Waals surface area contributed by atoms with Gasteiger partial charge in [0, 0.05) is 19.6 Å². The topological polar surface area (TPSA) is 63.0 Å². The molecule has 0 bridgehead atoms. The van der Waals surface area contributed by atoms with Crippen LogP contribution >= 0.6 is 0 Å². The maximum absolute atomic E-state index is 13.5. The van der Waals surface area contributed by atoms with Crippen LogP contribution in [0.25, 0.3) is 0 Å². The minimum Gasteiger partial charge on any atom is -0.468 e. The highest BCUT2D eigenvalue weighted by Crippen LogP contribution is 2.26. The van der Waals surface area contributed by atoms with Crippen LogP contribution in [0.1, 0.15) is 28.9 Å². The van der Waals surface area contributed by atoms with Crippen LogP contribution in [-0.2, 0) is 21.3 Å². The lowest BCUT2D eigenvalue weighted by atomic mass is 10.1. The summed E-state index contributed by atoms with van der Waals surface area (Å²) in [6.07, 6.45) is 2.35. The van der Waals surface area contributed by atoms with E-state index in [1.807, 2.05) is 39.0 Å². The molecule has 1 aromatic carbocycles. The fourth-order valence-corrected chi connectivity index (χ4v) is 5.72. The van der Waals surface area contributed by atoms with E-state index in [2.05, 4.69) is 4.90 Å². The summed E-state index contributed by atoms with van der Waals surface area (Å²) in [6, 6.07) is 7.47. The lowest BCUT2D eigenvalue weighted by Gasteiger charge is -2.28. The Morgan fingerprint density at radius 2 is 1.79 bits per heavy atom. The molecule has 2 aromatic rings. The molecule has 7 heteroatoms. The van der Waals surface area contributed by atoms with Gasteiger partial charge in [0.05, 0.1) is 30.9 Å². The van der Waals surface area contributed by atoms with Crippen LogP contribution in [0.2, 0.25) is 0 Å². The van der Waals surface area contributed by atoms with Gasteiger partial charge in [-0.2, -0.15) is 4.31 Å². The molecule has 0 atom stereocenters. The highest BCUT2D eigenvalue weighted by Gasteiger charge is 2.28. The van der Waals surface area contributed by atoms with E-state index < -0.39 is 10.0 Å². The molecule has 0 spiro atoms. The Bertz CT molecular complexity index is 849. The lowest BCUT2D eigenvalue weighted by Crippen LogP contribution is -2.39. The predicted molar refractivity (Wildman–Crippen MR) is 109 cm³/mol. The van der Waals surface area contributed by atoms with E-state index in [-0.39, 0.29) is 6.54 Å². The molecule has 28 heavy (non-hydrogen) atoms. The molecule has 0 aliphatic carbocycles. The molecule has 1 aliphatic rings. The summed E-state index contributed by atoms with van der Waals surface area (Å²) in [4.78, 5) is 2.74. The summed E-state index contributed by atoms with van der Waals surface area (Å²) in [5, 5.41) is 0. The van der Waals surface area contributed by atoms with E-state index in [9.17, 15) is 8.42 Å². The van der Waals surface area contributed by atoms with Gasteiger partial charge >= 0.3 is 0 Å². The van der Waals surface area contributed by atoms with Gasteiger partial charge in [0.1, 0.15) is 5.76 Å². The second-order valence-corrected chi connectivity index (χ2v) is 9.33. The monoisotopic (exact) mass is 406 g/mol. The summed E-state index contributed by atoms with van der Waals surface area (Å²) >= 11 is 0. The van der Waals surface area contributed by atoms with Gasteiger partial charge in [0.2, 0.25) is 10.0 Å². The Hall–Kier alpha value is -1.67. The average Bonchev–Trinajstić information content (AvgIpc) is 3.14. The molecule has 0 radical (unpaired) electrons. The fraction of sp³-hybridized carbons (Fsp3) is 0.524. The zero-order valence-electron chi connectivity index (χ0n) is 17.0. The molecule has 0 amide bonds. The van der Waals surface area contributed by atoms with Crippen molar-refractivity contribution in [3.05, 3.63) is 53.0 Å². The number of sulfonamides is 1. The number of hydrogen-bond acceptors (Lipinski definition) is 5. The summed E-state index contributed by atoms with van der Waals surface area (Å²) < 4.78 is 39.5. The Morgan fingerprint density at radius 1 is 1.11 bits per heavy atom. The maximum Gasteiger partial charge on any atom is 0.244 e. The number of morpholine rings is 1. The maximum atomic E-state index is 13.5. The van der Waals surface area contributed by atoms with Gasteiger partial charge in [-0.1, -0.05) is 17.7 Å². The first-order valence-electron chi connectivity index (χ1n) is 9.78.